The molecule has 0 amide bonds. The quantitative estimate of drug-likeness (QED) is 0.750. The summed E-state index contributed by atoms with van der Waals surface area (Å²) < 4.78 is 39.7. The van der Waals surface area contributed by atoms with E-state index < -0.39 is 17.5 Å². The van der Waals surface area contributed by atoms with Crippen molar-refractivity contribution in [2.24, 2.45) is 0 Å². The number of anilines is 1. The number of benzene rings is 1. The van der Waals surface area contributed by atoms with Gasteiger partial charge in [0.1, 0.15) is 11.5 Å². The Kier molecular flexibility index (Phi) is 3.08. The zero-order valence-electron chi connectivity index (χ0n) is 9.14. The molecule has 0 unspecified atom stereocenters. The van der Waals surface area contributed by atoms with E-state index in [0.717, 1.165) is 37.8 Å². The third-order valence-corrected chi connectivity index (χ3v) is 3.21. The second kappa shape index (κ2) is 4.36. The first-order chi connectivity index (χ1) is 7.59. The Morgan fingerprint density at radius 2 is 1.56 bits per heavy atom. The Hall–Kier alpha value is -1.19. The third kappa shape index (κ3) is 2.01. The van der Waals surface area contributed by atoms with Crippen LogP contribution in [0.1, 0.15) is 25.7 Å². The van der Waals surface area contributed by atoms with Crippen molar-refractivity contribution >= 4 is 5.69 Å². The first-order valence-electron chi connectivity index (χ1n) is 5.47. The average Bonchev–Trinajstić information content (AvgIpc) is 2.67. The average molecular weight is 229 g/mol. The molecule has 1 aromatic carbocycles. The second-order valence-corrected chi connectivity index (χ2v) is 4.27. The number of hydrogen-bond acceptors (Lipinski definition) is 1. The van der Waals surface area contributed by atoms with E-state index >= 15 is 0 Å². The highest BCUT2D eigenvalue weighted by molar-refractivity contribution is 5.49. The van der Waals surface area contributed by atoms with E-state index in [4.69, 9.17) is 0 Å². The molecule has 4 heteroatoms. The van der Waals surface area contributed by atoms with Crippen LogP contribution < -0.4 is 4.90 Å². The highest BCUT2D eigenvalue weighted by Gasteiger charge is 2.24. The van der Waals surface area contributed by atoms with Crippen molar-refractivity contribution in [1.82, 2.24) is 0 Å². The smallest absolute Gasteiger partial charge is 0.152 e. The molecule has 0 heterocycles. The standard InChI is InChI=1S/C12H14F3N/c1-16(9-4-2-3-5-9)12-10(14)6-8(13)7-11(12)15/h6-7,9H,2-5H2,1H3. The summed E-state index contributed by atoms with van der Waals surface area (Å²) in [6, 6.07) is 1.61. The van der Waals surface area contributed by atoms with Crippen LogP contribution in [0.25, 0.3) is 0 Å². The van der Waals surface area contributed by atoms with Crippen molar-refractivity contribution in [1.29, 1.82) is 0 Å². The first-order valence-corrected chi connectivity index (χ1v) is 5.47. The highest BCUT2D eigenvalue weighted by atomic mass is 19.1. The van der Waals surface area contributed by atoms with Gasteiger partial charge in [0.25, 0.3) is 0 Å². The highest BCUT2D eigenvalue weighted by Crippen LogP contribution is 2.30. The lowest BCUT2D eigenvalue weighted by molar-refractivity contribution is 0.527. The van der Waals surface area contributed by atoms with Crippen molar-refractivity contribution in [2.45, 2.75) is 31.7 Å². The Bertz CT molecular complexity index is 363. The molecule has 1 fully saturated rings. The molecule has 0 bridgehead atoms. The van der Waals surface area contributed by atoms with Gasteiger partial charge in [0.15, 0.2) is 11.6 Å². The molecule has 0 atom stereocenters. The normalized spacial score (nSPS) is 16.8. The van der Waals surface area contributed by atoms with Crippen LogP contribution in [0, 0.1) is 17.5 Å². The maximum atomic E-state index is 13.5. The molecule has 88 valence electrons. The summed E-state index contributed by atoms with van der Waals surface area (Å²) >= 11 is 0. The molecule has 2 rings (SSSR count). The van der Waals surface area contributed by atoms with Crippen LogP contribution in [0.4, 0.5) is 18.9 Å². The van der Waals surface area contributed by atoms with Crippen LogP contribution in [-0.2, 0) is 0 Å². The first kappa shape index (κ1) is 11.3. The van der Waals surface area contributed by atoms with E-state index in [0.29, 0.717) is 0 Å². The fourth-order valence-corrected chi connectivity index (χ4v) is 2.35. The van der Waals surface area contributed by atoms with Gasteiger partial charge < -0.3 is 4.90 Å². The summed E-state index contributed by atoms with van der Waals surface area (Å²) in [5.74, 6) is -2.53. The molecule has 0 radical (unpaired) electrons. The van der Waals surface area contributed by atoms with Crippen LogP contribution >= 0.6 is 0 Å². The van der Waals surface area contributed by atoms with Crippen LogP contribution in [0.2, 0.25) is 0 Å². The molecule has 0 saturated heterocycles. The van der Waals surface area contributed by atoms with Gasteiger partial charge in [-0.2, -0.15) is 0 Å². The predicted molar refractivity (Wildman–Crippen MR) is 57.0 cm³/mol. The van der Waals surface area contributed by atoms with E-state index in [1.165, 1.54) is 0 Å². The summed E-state index contributed by atoms with van der Waals surface area (Å²) in [5, 5.41) is 0. The summed E-state index contributed by atoms with van der Waals surface area (Å²) in [4.78, 5) is 1.59. The minimum absolute atomic E-state index is 0.117. The minimum atomic E-state index is -0.876. The molecule has 1 saturated carbocycles. The van der Waals surface area contributed by atoms with Crippen molar-refractivity contribution in [2.75, 3.05) is 11.9 Å². The SMILES string of the molecule is CN(c1c(F)cc(F)cc1F)C1CCCC1. The number of halogens is 3. The van der Waals surface area contributed by atoms with E-state index in [-0.39, 0.29) is 11.7 Å². The van der Waals surface area contributed by atoms with Gasteiger partial charge >= 0.3 is 0 Å². The van der Waals surface area contributed by atoms with Crippen molar-refractivity contribution in [3.63, 3.8) is 0 Å². The van der Waals surface area contributed by atoms with E-state index in [1.807, 2.05) is 0 Å². The predicted octanol–water partition coefficient (Wildman–Crippen LogP) is 3.48. The Morgan fingerprint density at radius 1 is 1.06 bits per heavy atom. The molecule has 1 aromatic rings. The fourth-order valence-electron chi connectivity index (χ4n) is 2.35. The Labute approximate surface area is 92.9 Å². The van der Waals surface area contributed by atoms with Crippen molar-refractivity contribution < 1.29 is 13.2 Å². The monoisotopic (exact) mass is 229 g/mol. The number of nitrogens with zero attached hydrogens (tertiary/aromatic N) is 1. The van der Waals surface area contributed by atoms with Gasteiger partial charge in [0.2, 0.25) is 0 Å². The lowest BCUT2D eigenvalue weighted by atomic mass is 10.2. The van der Waals surface area contributed by atoms with Crippen molar-refractivity contribution in [3.8, 4) is 0 Å². The summed E-state index contributed by atoms with van der Waals surface area (Å²) in [5.41, 5.74) is -0.117. The maximum absolute atomic E-state index is 13.5. The van der Waals surface area contributed by atoms with Gasteiger partial charge in [0, 0.05) is 25.2 Å². The van der Waals surface area contributed by atoms with Crippen molar-refractivity contribution in [3.05, 3.63) is 29.6 Å². The van der Waals surface area contributed by atoms with E-state index in [2.05, 4.69) is 0 Å². The van der Waals surface area contributed by atoms with Crippen LogP contribution in [0.3, 0.4) is 0 Å². The number of rotatable bonds is 2. The molecule has 0 aromatic heterocycles. The maximum Gasteiger partial charge on any atom is 0.152 e. The molecule has 1 aliphatic carbocycles. The van der Waals surface area contributed by atoms with Crippen LogP contribution in [0.5, 0.6) is 0 Å². The van der Waals surface area contributed by atoms with Gasteiger partial charge in [-0.1, -0.05) is 12.8 Å². The van der Waals surface area contributed by atoms with Crippen LogP contribution in [-0.4, -0.2) is 13.1 Å². The lowest BCUT2D eigenvalue weighted by Gasteiger charge is -2.27. The topological polar surface area (TPSA) is 3.24 Å². The van der Waals surface area contributed by atoms with Gasteiger partial charge in [-0.05, 0) is 12.8 Å². The zero-order chi connectivity index (χ0) is 11.7. The molecular formula is C12H14F3N. The largest absolute Gasteiger partial charge is 0.367 e. The summed E-state index contributed by atoms with van der Waals surface area (Å²) in [6.07, 6.45) is 4.04. The number of hydrogen-bond donors (Lipinski definition) is 0. The van der Waals surface area contributed by atoms with Crippen LogP contribution in [0.15, 0.2) is 12.1 Å². The van der Waals surface area contributed by atoms with Gasteiger partial charge in [-0.15, -0.1) is 0 Å². The fraction of sp³-hybridized carbons (Fsp3) is 0.500. The van der Waals surface area contributed by atoms with E-state index in [1.54, 1.807) is 11.9 Å². The zero-order valence-corrected chi connectivity index (χ0v) is 9.14. The molecule has 0 spiro atoms. The van der Waals surface area contributed by atoms with Gasteiger partial charge in [-0.3, -0.25) is 0 Å². The summed E-state index contributed by atoms with van der Waals surface area (Å²) in [6.45, 7) is 0. The second-order valence-electron chi connectivity index (χ2n) is 4.27. The molecule has 0 aliphatic heterocycles. The molecule has 0 N–H and O–H groups in total. The molecule has 1 aliphatic rings. The van der Waals surface area contributed by atoms with Gasteiger partial charge in [-0.25, -0.2) is 13.2 Å². The lowest BCUT2D eigenvalue weighted by Crippen LogP contribution is -2.30. The molecule has 1 nitrogen and oxygen atoms in total. The Morgan fingerprint density at radius 3 is 2.06 bits per heavy atom. The Balaban J connectivity index is 2.31. The minimum Gasteiger partial charge on any atom is -0.367 e. The van der Waals surface area contributed by atoms with Gasteiger partial charge in [0.05, 0.1) is 0 Å². The third-order valence-electron chi connectivity index (χ3n) is 3.21. The van der Waals surface area contributed by atoms with E-state index in [9.17, 15) is 13.2 Å². The molecule has 16 heavy (non-hydrogen) atoms. The molecular weight excluding hydrogens is 215 g/mol. The summed E-state index contributed by atoms with van der Waals surface area (Å²) in [7, 11) is 1.66.